The van der Waals surface area contributed by atoms with Crippen molar-refractivity contribution in [1.29, 1.82) is 0 Å². The van der Waals surface area contributed by atoms with Gasteiger partial charge in [-0.15, -0.1) is 0 Å². The zero-order chi connectivity index (χ0) is 13.7. The van der Waals surface area contributed by atoms with Crippen molar-refractivity contribution in [1.82, 2.24) is 10.5 Å². The Labute approximate surface area is 113 Å². The Hall–Kier alpha value is -1.81. The van der Waals surface area contributed by atoms with Crippen molar-refractivity contribution in [3.05, 3.63) is 35.5 Å². The molecule has 0 aliphatic carbocycles. The van der Waals surface area contributed by atoms with Crippen LogP contribution < -0.4 is 10.1 Å². The summed E-state index contributed by atoms with van der Waals surface area (Å²) in [6, 6.07) is 7.89. The number of ether oxygens (including phenoxy) is 1. The molecule has 102 valence electrons. The highest BCUT2D eigenvalue weighted by Crippen LogP contribution is 2.27. The van der Waals surface area contributed by atoms with Gasteiger partial charge < -0.3 is 14.6 Å². The molecule has 0 saturated heterocycles. The minimum atomic E-state index is 0.674. The van der Waals surface area contributed by atoms with Gasteiger partial charge in [-0.1, -0.05) is 12.1 Å². The van der Waals surface area contributed by atoms with E-state index >= 15 is 0 Å². The largest absolute Gasteiger partial charge is 0.494 e. The highest BCUT2D eigenvalue weighted by atomic mass is 16.5. The lowest BCUT2D eigenvalue weighted by Crippen LogP contribution is -2.12. The molecular formula is C15H20N2O2. The van der Waals surface area contributed by atoms with E-state index in [9.17, 15) is 0 Å². The molecule has 0 aliphatic rings. The minimum Gasteiger partial charge on any atom is -0.494 e. The topological polar surface area (TPSA) is 47.3 Å². The van der Waals surface area contributed by atoms with E-state index in [4.69, 9.17) is 9.26 Å². The molecule has 1 aromatic carbocycles. The Morgan fingerprint density at radius 1 is 1.21 bits per heavy atom. The van der Waals surface area contributed by atoms with Crippen molar-refractivity contribution in [3.8, 4) is 17.1 Å². The van der Waals surface area contributed by atoms with E-state index in [0.29, 0.717) is 6.61 Å². The normalized spacial score (nSPS) is 10.7. The zero-order valence-corrected chi connectivity index (χ0v) is 11.7. The second kappa shape index (κ2) is 6.38. The molecule has 0 spiro atoms. The van der Waals surface area contributed by atoms with Crippen molar-refractivity contribution in [2.45, 2.75) is 27.3 Å². The first kappa shape index (κ1) is 13.6. The lowest BCUT2D eigenvalue weighted by molar-refractivity contribution is 0.340. The summed E-state index contributed by atoms with van der Waals surface area (Å²) >= 11 is 0. The third kappa shape index (κ3) is 3.15. The summed E-state index contributed by atoms with van der Waals surface area (Å²) in [6.45, 7) is 8.42. The second-order valence-corrected chi connectivity index (χ2v) is 4.32. The van der Waals surface area contributed by atoms with Crippen molar-refractivity contribution < 1.29 is 9.26 Å². The molecule has 0 unspecified atom stereocenters. The van der Waals surface area contributed by atoms with Gasteiger partial charge in [0.15, 0.2) is 5.76 Å². The molecule has 19 heavy (non-hydrogen) atoms. The lowest BCUT2D eigenvalue weighted by atomic mass is 10.1. The fourth-order valence-electron chi connectivity index (χ4n) is 1.92. The van der Waals surface area contributed by atoms with Crippen LogP contribution in [0.3, 0.4) is 0 Å². The van der Waals surface area contributed by atoms with Crippen LogP contribution in [-0.2, 0) is 6.54 Å². The number of hydrogen-bond donors (Lipinski definition) is 1. The molecule has 1 heterocycles. The van der Waals surface area contributed by atoms with Crippen LogP contribution in [0, 0.1) is 6.92 Å². The van der Waals surface area contributed by atoms with Crippen LogP contribution in [0.25, 0.3) is 11.3 Å². The molecule has 4 nitrogen and oxygen atoms in total. The number of benzene rings is 1. The van der Waals surface area contributed by atoms with E-state index in [0.717, 1.165) is 41.4 Å². The SMILES string of the molecule is CCNCc1noc(-c2ccc(OCC)cc2)c1C. The molecular weight excluding hydrogens is 240 g/mol. The van der Waals surface area contributed by atoms with Crippen molar-refractivity contribution in [2.75, 3.05) is 13.2 Å². The van der Waals surface area contributed by atoms with E-state index < -0.39 is 0 Å². The standard InChI is InChI=1S/C15H20N2O2/c1-4-16-10-14-11(3)15(19-17-14)12-6-8-13(9-7-12)18-5-2/h6-9,16H,4-5,10H2,1-3H3. The highest BCUT2D eigenvalue weighted by Gasteiger charge is 2.13. The monoisotopic (exact) mass is 260 g/mol. The molecule has 4 heteroatoms. The average molecular weight is 260 g/mol. The van der Waals surface area contributed by atoms with Crippen molar-refractivity contribution >= 4 is 0 Å². The minimum absolute atomic E-state index is 0.674. The molecule has 0 radical (unpaired) electrons. The smallest absolute Gasteiger partial charge is 0.170 e. The Balaban J connectivity index is 2.19. The Bertz CT molecular complexity index is 517. The number of aromatic nitrogens is 1. The predicted octanol–water partition coefficient (Wildman–Crippen LogP) is 3.16. The fraction of sp³-hybridized carbons (Fsp3) is 0.400. The number of hydrogen-bond acceptors (Lipinski definition) is 4. The van der Waals surface area contributed by atoms with Gasteiger partial charge in [0, 0.05) is 17.7 Å². The molecule has 2 aromatic rings. The summed E-state index contributed by atoms with van der Waals surface area (Å²) in [5.41, 5.74) is 3.08. The van der Waals surface area contributed by atoms with Gasteiger partial charge in [0.25, 0.3) is 0 Å². The van der Waals surface area contributed by atoms with Crippen LogP contribution in [0.2, 0.25) is 0 Å². The van der Waals surface area contributed by atoms with Crippen LogP contribution in [0.15, 0.2) is 28.8 Å². The van der Waals surface area contributed by atoms with Gasteiger partial charge >= 0.3 is 0 Å². The van der Waals surface area contributed by atoms with E-state index in [2.05, 4.69) is 17.4 Å². The van der Waals surface area contributed by atoms with Crippen LogP contribution in [-0.4, -0.2) is 18.3 Å². The Morgan fingerprint density at radius 3 is 2.58 bits per heavy atom. The molecule has 2 rings (SSSR count). The predicted molar refractivity (Wildman–Crippen MR) is 75.2 cm³/mol. The van der Waals surface area contributed by atoms with E-state index in [-0.39, 0.29) is 0 Å². The zero-order valence-electron chi connectivity index (χ0n) is 11.7. The van der Waals surface area contributed by atoms with Gasteiger partial charge in [-0.25, -0.2) is 0 Å². The first-order valence-corrected chi connectivity index (χ1v) is 6.65. The van der Waals surface area contributed by atoms with Crippen molar-refractivity contribution in [3.63, 3.8) is 0 Å². The van der Waals surface area contributed by atoms with Gasteiger partial charge in [-0.2, -0.15) is 0 Å². The quantitative estimate of drug-likeness (QED) is 0.866. The maximum Gasteiger partial charge on any atom is 0.170 e. The summed E-state index contributed by atoms with van der Waals surface area (Å²) in [6.07, 6.45) is 0. The molecule has 0 atom stereocenters. The summed E-state index contributed by atoms with van der Waals surface area (Å²) in [5, 5.41) is 7.37. The molecule has 0 aliphatic heterocycles. The van der Waals surface area contributed by atoms with E-state index in [1.54, 1.807) is 0 Å². The highest BCUT2D eigenvalue weighted by molar-refractivity contribution is 5.62. The molecule has 0 amide bonds. The van der Waals surface area contributed by atoms with Gasteiger partial charge in [0.1, 0.15) is 11.4 Å². The second-order valence-electron chi connectivity index (χ2n) is 4.32. The number of rotatable bonds is 6. The fourth-order valence-corrected chi connectivity index (χ4v) is 1.92. The summed E-state index contributed by atoms with van der Waals surface area (Å²) in [4.78, 5) is 0. The summed E-state index contributed by atoms with van der Waals surface area (Å²) < 4.78 is 10.9. The molecule has 1 N–H and O–H groups in total. The molecule has 0 fully saturated rings. The van der Waals surface area contributed by atoms with Gasteiger partial charge in [-0.3, -0.25) is 0 Å². The van der Waals surface area contributed by atoms with Crippen molar-refractivity contribution in [2.24, 2.45) is 0 Å². The van der Waals surface area contributed by atoms with Gasteiger partial charge in [0.05, 0.1) is 6.61 Å². The number of nitrogens with one attached hydrogen (secondary N) is 1. The first-order chi connectivity index (χ1) is 9.26. The lowest BCUT2D eigenvalue weighted by Gasteiger charge is -2.03. The van der Waals surface area contributed by atoms with Crippen LogP contribution in [0.5, 0.6) is 5.75 Å². The summed E-state index contributed by atoms with van der Waals surface area (Å²) in [5.74, 6) is 1.70. The first-order valence-electron chi connectivity index (χ1n) is 6.65. The van der Waals surface area contributed by atoms with Gasteiger partial charge in [-0.05, 0) is 44.7 Å². The maximum atomic E-state index is 5.45. The van der Waals surface area contributed by atoms with E-state index in [1.807, 2.05) is 38.1 Å². The number of nitrogens with zero attached hydrogens (tertiary/aromatic N) is 1. The third-order valence-electron chi connectivity index (χ3n) is 2.99. The third-order valence-corrected chi connectivity index (χ3v) is 2.99. The summed E-state index contributed by atoms with van der Waals surface area (Å²) in [7, 11) is 0. The van der Waals surface area contributed by atoms with Crippen LogP contribution in [0.4, 0.5) is 0 Å². The average Bonchev–Trinajstić information content (AvgIpc) is 2.79. The maximum absolute atomic E-state index is 5.45. The molecule has 0 bridgehead atoms. The Kier molecular flexibility index (Phi) is 4.58. The Morgan fingerprint density at radius 2 is 1.95 bits per heavy atom. The molecule has 1 aromatic heterocycles. The van der Waals surface area contributed by atoms with Gasteiger partial charge in [0.2, 0.25) is 0 Å². The van der Waals surface area contributed by atoms with E-state index in [1.165, 1.54) is 0 Å². The van der Waals surface area contributed by atoms with Crippen LogP contribution >= 0.6 is 0 Å². The van der Waals surface area contributed by atoms with Crippen LogP contribution in [0.1, 0.15) is 25.1 Å². The molecule has 0 saturated carbocycles.